The Morgan fingerprint density at radius 3 is 1.97 bits per heavy atom. The molecule has 0 saturated carbocycles. The van der Waals surface area contributed by atoms with E-state index in [1.165, 1.54) is 23.6 Å². The second-order valence-corrected chi connectivity index (χ2v) is 26.3. The van der Waals surface area contributed by atoms with Gasteiger partial charge in [0.25, 0.3) is 0 Å². The van der Waals surface area contributed by atoms with Gasteiger partial charge in [0, 0.05) is 0 Å². The zero-order chi connectivity index (χ0) is 22.2. The summed E-state index contributed by atoms with van der Waals surface area (Å²) in [6.07, 6.45) is 6.14. The Balaban J connectivity index is 0.00000193. The monoisotopic (exact) mass is 592 g/mol. The molecule has 176 valence electrons. The maximum Gasteiger partial charge on any atom is -1.00 e. The van der Waals surface area contributed by atoms with Crippen molar-refractivity contribution >= 4 is 20.1 Å². The number of fused-ring (bicyclic) bond motifs is 3. The summed E-state index contributed by atoms with van der Waals surface area (Å²) in [5.41, 5.74) is 6.10. The van der Waals surface area contributed by atoms with Crippen LogP contribution < -0.4 is 24.8 Å². The molecule has 0 heterocycles. The van der Waals surface area contributed by atoms with Crippen LogP contribution >= 0.6 is 0 Å². The fraction of sp³-hybridized carbons (Fsp3) is 0.370. The van der Waals surface area contributed by atoms with Crippen molar-refractivity contribution in [3.63, 3.8) is 0 Å². The minimum atomic E-state index is -2.06. The van der Waals surface area contributed by atoms with E-state index < -0.39 is 37.7 Å². The summed E-state index contributed by atoms with van der Waals surface area (Å²) >= 11 is -2.06. The van der Waals surface area contributed by atoms with E-state index >= 15 is 0 Å². The normalized spacial score (nSPS) is 15.2. The van der Waals surface area contributed by atoms with Crippen molar-refractivity contribution in [2.24, 2.45) is 0 Å². The number of hydrogen-bond acceptors (Lipinski definition) is 1. The molecule has 0 amide bonds. The summed E-state index contributed by atoms with van der Waals surface area (Å²) < 4.78 is 11.4. The van der Waals surface area contributed by atoms with Gasteiger partial charge in [-0.2, -0.15) is 0 Å². The third-order valence-electron chi connectivity index (χ3n) is 6.73. The molecular weight excluding hydrogens is 559 g/mol. The second kappa shape index (κ2) is 11.6. The molecule has 2 aliphatic rings. The van der Waals surface area contributed by atoms with Gasteiger partial charge >= 0.3 is 200 Å². The minimum Gasteiger partial charge on any atom is -1.00 e. The molecule has 0 saturated heterocycles. The Morgan fingerprint density at radius 2 is 1.45 bits per heavy atom. The predicted octanol–water partition coefficient (Wildman–Crippen LogP) is 1.52. The molecule has 2 aromatic carbocycles. The SMILES string of the molecule is C[CH]=[Zr+2]([C]1=C([Si](C)(C)CCO[Si](C)(C)C)C=CC1)[CH]1c2ccccc2-c2ccccc21.[Cl-].[Cl-]. The van der Waals surface area contributed by atoms with Gasteiger partial charge in [-0.15, -0.1) is 0 Å². The van der Waals surface area contributed by atoms with Crippen LogP contribution in [0.15, 0.2) is 69.2 Å². The van der Waals surface area contributed by atoms with Crippen molar-refractivity contribution < 1.29 is 50.5 Å². The van der Waals surface area contributed by atoms with E-state index in [0.717, 1.165) is 6.61 Å². The Labute approximate surface area is 222 Å². The van der Waals surface area contributed by atoms with E-state index in [2.05, 4.69) is 104 Å². The second-order valence-electron chi connectivity index (χ2n) is 10.4. The molecule has 6 heteroatoms. The summed E-state index contributed by atoms with van der Waals surface area (Å²) in [7, 11) is -2.98. The van der Waals surface area contributed by atoms with Crippen LogP contribution in [0.5, 0.6) is 0 Å². The van der Waals surface area contributed by atoms with Crippen LogP contribution in [0, 0.1) is 0 Å². The van der Waals surface area contributed by atoms with Gasteiger partial charge in [0.1, 0.15) is 0 Å². The summed E-state index contributed by atoms with van der Waals surface area (Å²) in [5, 5.41) is 1.75. The maximum absolute atomic E-state index is 6.27. The molecule has 0 unspecified atom stereocenters. The standard InChI is InChI=1S/C13H9.C12H23OSi2.C2H4.2ClH.Zr/c1-3-7-12-10(5-1)9-11-6-2-4-8-13(11)12;1-14(2,3)13-10-11-15(4,5)12-8-6-7-9-12;1-2;;;/h1-9H;6,8H,7,10-11H2,1-5H3;1H,2H3;2*1H;/q;;;;;+2/p-2. The summed E-state index contributed by atoms with van der Waals surface area (Å²) in [6, 6.07) is 19.6. The third-order valence-corrected chi connectivity index (χ3v) is 19.3. The summed E-state index contributed by atoms with van der Waals surface area (Å²) in [5.74, 6) is 0. The third kappa shape index (κ3) is 6.08. The van der Waals surface area contributed by atoms with Gasteiger partial charge in [0.2, 0.25) is 0 Å². The molecule has 0 spiro atoms. The molecule has 2 aromatic rings. The Kier molecular flexibility index (Phi) is 10.1. The number of hydrogen-bond donors (Lipinski definition) is 0. The zero-order valence-corrected chi connectivity index (χ0v) is 26.7. The van der Waals surface area contributed by atoms with Crippen LogP contribution in [0.25, 0.3) is 11.1 Å². The van der Waals surface area contributed by atoms with Gasteiger partial charge in [-0.1, -0.05) is 0 Å². The average Bonchev–Trinajstić information content (AvgIpc) is 3.33. The van der Waals surface area contributed by atoms with Crippen molar-refractivity contribution in [1.82, 2.24) is 0 Å². The molecule has 0 radical (unpaired) electrons. The minimum absolute atomic E-state index is 0. The van der Waals surface area contributed by atoms with Crippen molar-refractivity contribution in [3.8, 4) is 11.1 Å². The van der Waals surface area contributed by atoms with Crippen LogP contribution in [0.2, 0.25) is 38.8 Å². The quantitative estimate of drug-likeness (QED) is 0.442. The first-order valence-electron chi connectivity index (χ1n) is 11.6. The number of benzene rings is 2. The van der Waals surface area contributed by atoms with Crippen LogP contribution in [-0.4, -0.2) is 26.7 Å². The molecule has 0 aliphatic heterocycles. The predicted molar refractivity (Wildman–Crippen MR) is 138 cm³/mol. The Bertz CT molecular complexity index is 1040. The van der Waals surface area contributed by atoms with E-state index in [1.54, 1.807) is 16.3 Å². The van der Waals surface area contributed by atoms with E-state index in [-0.39, 0.29) is 24.8 Å². The molecule has 0 aromatic heterocycles. The molecule has 0 atom stereocenters. The fourth-order valence-corrected chi connectivity index (χ4v) is 19.1. The van der Waals surface area contributed by atoms with Crippen molar-refractivity contribution in [2.45, 2.75) is 55.7 Å². The number of halogens is 2. The van der Waals surface area contributed by atoms with Crippen LogP contribution in [0.3, 0.4) is 0 Å². The van der Waals surface area contributed by atoms with Gasteiger partial charge < -0.3 is 24.8 Å². The largest absolute Gasteiger partial charge is 1.00 e. The maximum atomic E-state index is 6.27. The van der Waals surface area contributed by atoms with E-state index in [1.807, 2.05) is 3.28 Å². The molecule has 4 rings (SSSR count). The summed E-state index contributed by atoms with van der Waals surface area (Å²) in [4.78, 5) is 0. The molecular formula is C27H36Cl2OSi2Zr. The fourth-order valence-electron chi connectivity index (χ4n) is 5.17. The van der Waals surface area contributed by atoms with E-state index in [9.17, 15) is 0 Å². The van der Waals surface area contributed by atoms with Crippen LogP contribution in [0.1, 0.15) is 28.1 Å². The van der Waals surface area contributed by atoms with E-state index in [0.29, 0.717) is 3.63 Å². The van der Waals surface area contributed by atoms with Crippen molar-refractivity contribution in [3.05, 3.63) is 80.3 Å². The topological polar surface area (TPSA) is 9.23 Å². The van der Waals surface area contributed by atoms with Crippen molar-refractivity contribution in [1.29, 1.82) is 0 Å². The van der Waals surface area contributed by atoms with Gasteiger partial charge in [-0.3, -0.25) is 0 Å². The first-order chi connectivity index (χ1) is 14.7. The van der Waals surface area contributed by atoms with Gasteiger partial charge in [0.05, 0.1) is 0 Å². The molecule has 0 N–H and O–H groups in total. The molecule has 1 nitrogen and oxygen atoms in total. The first-order valence-corrected chi connectivity index (χ1v) is 22.3. The average molecular weight is 595 g/mol. The van der Waals surface area contributed by atoms with Gasteiger partial charge in [-0.25, -0.2) is 0 Å². The van der Waals surface area contributed by atoms with Crippen LogP contribution in [0.4, 0.5) is 0 Å². The Morgan fingerprint density at radius 1 is 0.909 bits per heavy atom. The number of allylic oxidation sites excluding steroid dienone is 4. The zero-order valence-electron chi connectivity index (χ0n) is 20.7. The number of rotatable bonds is 7. The molecule has 0 bridgehead atoms. The molecule has 2 aliphatic carbocycles. The summed E-state index contributed by atoms with van der Waals surface area (Å²) in [6.45, 7) is 15.3. The smallest absolute Gasteiger partial charge is 1.00 e. The van der Waals surface area contributed by atoms with Crippen LogP contribution in [-0.2, 0) is 25.7 Å². The van der Waals surface area contributed by atoms with Gasteiger partial charge in [0.15, 0.2) is 0 Å². The van der Waals surface area contributed by atoms with Crippen molar-refractivity contribution in [2.75, 3.05) is 6.61 Å². The van der Waals surface area contributed by atoms with Gasteiger partial charge in [-0.05, 0) is 0 Å². The first kappa shape index (κ1) is 28.9. The Hall–Kier alpha value is -0.353. The molecule has 0 fully saturated rings. The molecule has 33 heavy (non-hydrogen) atoms. The van der Waals surface area contributed by atoms with E-state index in [4.69, 9.17) is 4.43 Å².